The summed E-state index contributed by atoms with van der Waals surface area (Å²) < 4.78 is 0. The average Bonchev–Trinajstić information content (AvgIpc) is 2.24. The zero-order valence-electron chi connectivity index (χ0n) is 9.32. The Labute approximate surface area is 94.5 Å². The van der Waals surface area contributed by atoms with Gasteiger partial charge in [-0.1, -0.05) is 6.92 Å². The Bertz CT molecular complexity index is 320. The number of aliphatic hydroxyl groups is 1. The van der Waals surface area contributed by atoms with Crippen molar-refractivity contribution in [1.82, 2.24) is 9.97 Å². The van der Waals surface area contributed by atoms with Gasteiger partial charge in [0.2, 0.25) is 0 Å². The second-order valence-corrected chi connectivity index (χ2v) is 4.72. The molecule has 1 heterocycles. The molecule has 4 nitrogen and oxygen atoms in total. The van der Waals surface area contributed by atoms with Gasteiger partial charge in [0.15, 0.2) is 0 Å². The summed E-state index contributed by atoms with van der Waals surface area (Å²) in [6.45, 7) is 7.00. The third-order valence-electron chi connectivity index (χ3n) is 1.95. The van der Waals surface area contributed by atoms with Gasteiger partial charge in [-0.3, -0.25) is 0 Å². The summed E-state index contributed by atoms with van der Waals surface area (Å²) in [6.07, 6.45) is 1.55. The van der Waals surface area contributed by atoms with Gasteiger partial charge < -0.3 is 10.4 Å². The minimum Gasteiger partial charge on any atom is -0.395 e. The number of thioether (sulfide) groups is 1. The van der Waals surface area contributed by atoms with E-state index in [2.05, 4.69) is 15.3 Å². The summed E-state index contributed by atoms with van der Waals surface area (Å²) in [5.41, 5.74) is 1.05. The van der Waals surface area contributed by atoms with Crippen molar-refractivity contribution < 1.29 is 5.11 Å². The molecular weight excluding hydrogens is 210 g/mol. The Morgan fingerprint density at radius 3 is 2.87 bits per heavy atom. The fraction of sp³-hybridized carbons (Fsp3) is 0.600. The van der Waals surface area contributed by atoms with E-state index in [0.29, 0.717) is 0 Å². The van der Waals surface area contributed by atoms with Gasteiger partial charge >= 0.3 is 0 Å². The van der Waals surface area contributed by atoms with Gasteiger partial charge in [-0.05, 0) is 13.8 Å². The van der Waals surface area contributed by atoms with Crippen LogP contribution in [0.3, 0.4) is 0 Å². The Morgan fingerprint density at radius 2 is 2.27 bits per heavy atom. The average molecular weight is 227 g/mol. The molecule has 0 aromatic carbocycles. The topological polar surface area (TPSA) is 58.0 Å². The summed E-state index contributed by atoms with van der Waals surface area (Å²) in [6, 6.07) is 0. The van der Waals surface area contributed by atoms with E-state index in [4.69, 9.17) is 5.11 Å². The third kappa shape index (κ3) is 3.35. The fourth-order valence-corrected chi connectivity index (χ4v) is 1.96. The first-order chi connectivity index (χ1) is 7.19. The molecule has 0 spiro atoms. The summed E-state index contributed by atoms with van der Waals surface area (Å²) in [7, 11) is 0. The van der Waals surface area contributed by atoms with Crippen LogP contribution in [0.4, 0.5) is 5.82 Å². The van der Waals surface area contributed by atoms with Crippen molar-refractivity contribution in [3.63, 3.8) is 0 Å². The molecule has 1 aromatic rings. The molecule has 0 aliphatic carbocycles. The highest BCUT2D eigenvalue weighted by atomic mass is 32.2. The number of aromatic nitrogens is 2. The zero-order valence-corrected chi connectivity index (χ0v) is 10.1. The quantitative estimate of drug-likeness (QED) is 0.592. The SMILES string of the molecule is CCNc1ncnc(SC(C)CO)c1C. The molecule has 84 valence electrons. The van der Waals surface area contributed by atoms with E-state index in [1.54, 1.807) is 18.1 Å². The van der Waals surface area contributed by atoms with Gasteiger partial charge in [-0.15, -0.1) is 11.8 Å². The lowest BCUT2D eigenvalue weighted by molar-refractivity contribution is 0.300. The second kappa shape index (κ2) is 5.92. The van der Waals surface area contributed by atoms with E-state index >= 15 is 0 Å². The van der Waals surface area contributed by atoms with Gasteiger partial charge in [0.1, 0.15) is 17.2 Å². The first kappa shape index (κ1) is 12.3. The number of hydrogen-bond acceptors (Lipinski definition) is 5. The van der Waals surface area contributed by atoms with Crippen LogP contribution in [0, 0.1) is 6.92 Å². The molecule has 2 N–H and O–H groups in total. The van der Waals surface area contributed by atoms with Crippen LogP contribution in [0.5, 0.6) is 0 Å². The van der Waals surface area contributed by atoms with Crippen molar-refractivity contribution in [2.24, 2.45) is 0 Å². The summed E-state index contributed by atoms with van der Waals surface area (Å²) >= 11 is 1.57. The van der Waals surface area contributed by atoms with Crippen molar-refractivity contribution in [2.45, 2.75) is 31.0 Å². The number of nitrogens with zero attached hydrogens (tertiary/aromatic N) is 2. The third-order valence-corrected chi connectivity index (χ3v) is 3.14. The van der Waals surface area contributed by atoms with E-state index in [-0.39, 0.29) is 11.9 Å². The molecule has 0 aliphatic rings. The summed E-state index contributed by atoms with van der Waals surface area (Å²) in [4.78, 5) is 8.37. The number of nitrogens with one attached hydrogen (secondary N) is 1. The van der Waals surface area contributed by atoms with Gasteiger partial charge in [-0.25, -0.2) is 9.97 Å². The highest BCUT2D eigenvalue weighted by Gasteiger charge is 2.10. The molecule has 0 radical (unpaired) electrons. The first-order valence-corrected chi connectivity index (χ1v) is 5.90. The number of aliphatic hydroxyl groups excluding tert-OH is 1. The number of anilines is 1. The highest BCUT2D eigenvalue weighted by molar-refractivity contribution is 7.99. The Morgan fingerprint density at radius 1 is 1.53 bits per heavy atom. The smallest absolute Gasteiger partial charge is 0.133 e. The van der Waals surface area contributed by atoms with Gasteiger partial charge in [0.25, 0.3) is 0 Å². The highest BCUT2D eigenvalue weighted by Crippen LogP contribution is 2.26. The normalized spacial score (nSPS) is 12.5. The number of rotatable bonds is 5. The first-order valence-electron chi connectivity index (χ1n) is 5.02. The maximum absolute atomic E-state index is 8.98. The van der Waals surface area contributed by atoms with Crippen LogP contribution < -0.4 is 5.32 Å². The Hall–Kier alpha value is -0.810. The molecule has 0 bridgehead atoms. The van der Waals surface area contributed by atoms with E-state index < -0.39 is 0 Å². The Balaban J connectivity index is 2.84. The monoisotopic (exact) mass is 227 g/mol. The lowest BCUT2D eigenvalue weighted by Crippen LogP contribution is -2.06. The van der Waals surface area contributed by atoms with E-state index in [1.165, 1.54) is 0 Å². The van der Waals surface area contributed by atoms with Gasteiger partial charge in [-0.2, -0.15) is 0 Å². The van der Waals surface area contributed by atoms with E-state index in [0.717, 1.165) is 23.0 Å². The van der Waals surface area contributed by atoms with Crippen LogP contribution in [0.15, 0.2) is 11.4 Å². The van der Waals surface area contributed by atoms with Crippen LogP contribution in [0.1, 0.15) is 19.4 Å². The number of hydrogen-bond donors (Lipinski definition) is 2. The van der Waals surface area contributed by atoms with Crippen LogP contribution in [0.25, 0.3) is 0 Å². The standard InChI is InChI=1S/C10H17N3OS/c1-4-11-9-8(3)10(13-6-12-9)15-7(2)5-14/h6-7,14H,4-5H2,1-3H3,(H,11,12,13). The predicted molar refractivity (Wildman–Crippen MR) is 63.3 cm³/mol. The molecule has 5 heteroatoms. The fourth-order valence-electron chi connectivity index (χ4n) is 1.13. The second-order valence-electron chi connectivity index (χ2n) is 3.29. The largest absolute Gasteiger partial charge is 0.395 e. The van der Waals surface area contributed by atoms with Gasteiger partial charge in [0.05, 0.1) is 6.61 Å². The Kier molecular flexibility index (Phi) is 4.84. The summed E-state index contributed by atoms with van der Waals surface area (Å²) in [5, 5.41) is 13.3. The minimum absolute atomic E-state index is 0.157. The van der Waals surface area contributed by atoms with Crippen molar-refractivity contribution in [3.8, 4) is 0 Å². The minimum atomic E-state index is 0.157. The molecule has 0 saturated heterocycles. The van der Waals surface area contributed by atoms with Crippen molar-refractivity contribution in [3.05, 3.63) is 11.9 Å². The summed E-state index contributed by atoms with van der Waals surface area (Å²) in [5.74, 6) is 0.875. The molecule has 1 aromatic heterocycles. The zero-order chi connectivity index (χ0) is 11.3. The molecule has 0 fully saturated rings. The van der Waals surface area contributed by atoms with Crippen LogP contribution in [-0.4, -0.2) is 33.5 Å². The van der Waals surface area contributed by atoms with E-state index in [9.17, 15) is 0 Å². The van der Waals surface area contributed by atoms with Crippen molar-refractivity contribution in [1.29, 1.82) is 0 Å². The molecule has 1 atom stereocenters. The van der Waals surface area contributed by atoms with Crippen LogP contribution >= 0.6 is 11.8 Å². The van der Waals surface area contributed by atoms with Crippen molar-refractivity contribution >= 4 is 17.6 Å². The molecule has 0 saturated carbocycles. The molecule has 0 aliphatic heterocycles. The van der Waals surface area contributed by atoms with Crippen LogP contribution in [-0.2, 0) is 0 Å². The molecule has 0 amide bonds. The maximum Gasteiger partial charge on any atom is 0.133 e. The molecule has 1 rings (SSSR count). The van der Waals surface area contributed by atoms with E-state index in [1.807, 2.05) is 20.8 Å². The molecular formula is C10H17N3OS. The van der Waals surface area contributed by atoms with Crippen molar-refractivity contribution in [2.75, 3.05) is 18.5 Å². The van der Waals surface area contributed by atoms with Gasteiger partial charge in [0, 0.05) is 17.4 Å². The lowest BCUT2D eigenvalue weighted by atomic mass is 10.3. The lowest BCUT2D eigenvalue weighted by Gasteiger charge is -2.12. The predicted octanol–water partition coefficient (Wildman–Crippen LogP) is 1.69. The maximum atomic E-state index is 8.98. The molecule has 15 heavy (non-hydrogen) atoms. The van der Waals surface area contributed by atoms with Crippen LogP contribution in [0.2, 0.25) is 0 Å². The molecule has 1 unspecified atom stereocenters.